The Bertz CT molecular complexity index is 1010. The standard InChI is InChI=1S/C19H21N3O6S/c20-19(24)22-14-3-1-13(2-4-14)12-21-18(23)7-10-29(25,26)15-5-6-16-17(11-15)28-9-8-27-16/h1-6,11H,7-10,12H2,(H,21,23)(H3,20,22,24). The molecule has 0 saturated carbocycles. The van der Waals surface area contributed by atoms with Crippen LogP contribution in [0.3, 0.4) is 0 Å². The number of urea groups is 1. The third-order valence-corrected chi connectivity index (χ3v) is 5.90. The lowest BCUT2D eigenvalue weighted by atomic mass is 10.2. The summed E-state index contributed by atoms with van der Waals surface area (Å²) in [5.41, 5.74) is 6.37. The summed E-state index contributed by atoms with van der Waals surface area (Å²) in [6, 6.07) is 10.5. The van der Waals surface area contributed by atoms with Crippen molar-refractivity contribution in [3.63, 3.8) is 0 Å². The van der Waals surface area contributed by atoms with Crippen LogP contribution in [0.2, 0.25) is 0 Å². The Hall–Kier alpha value is -3.27. The van der Waals surface area contributed by atoms with Crippen LogP contribution in [0.25, 0.3) is 0 Å². The van der Waals surface area contributed by atoms with E-state index in [-0.39, 0.29) is 29.5 Å². The summed E-state index contributed by atoms with van der Waals surface area (Å²) in [7, 11) is -3.64. The molecule has 0 bridgehead atoms. The maximum Gasteiger partial charge on any atom is 0.316 e. The van der Waals surface area contributed by atoms with E-state index in [1.165, 1.54) is 12.1 Å². The molecule has 0 aromatic heterocycles. The lowest BCUT2D eigenvalue weighted by Crippen LogP contribution is -2.25. The van der Waals surface area contributed by atoms with Gasteiger partial charge in [0.25, 0.3) is 0 Å². The Kier molecular flexibility index (Phi) is 6.23. The van der Waals surface area contributed by atoms with Gasteiger partial charge in [-0.25, -0.2) is 13.2 Å². The van der Waals surface area contributed by atoms with Crippen molar-refractivity contribution in [3.8, 4) is 11.5 Å². The van der Waals surface area contributed by atoms with Crippen molar-refractivity contribution in [2.45, 2.75) is 17.9 Å². The number of hydrogen-bond acceptors (Lipinski definition) is 6. The van der Waals surface area contributed by atoms with Gasteiger partial charge in [-0.3, -0.25) is 4.79 Å². The molecule has 0 aliphatic carbocycles. The Labute approximate surface area is 168 Å². The molecule has 1 heterocycles. The highest BCUT2D eigenvalue weighted by molar-refractivity contribution is 7.91. The molecule has 0 spiro atoms. The molecule has 3 rings (SSSR count). The number of amides is 3. The molecule has 2 aromatic rings. The predicted molar refractivity (Wildman–Crippen MR) is 106 cm³/mol. The summed E-state index contributed by atoms with van der Waals surface area (Å²) in [5.74, 6) is 0.187. The first-order valence-corrected chi connectivity index (χ1v) is 10.5. The van der Waals surface area contributed by atoms with Gasteiger partial charge in [-0.05, 0) is 29.8 Å². The van der Waals surface area contributed by atoms with Gasteiger partial charge in [-0.15, -0.1) is 0 Å². The van der Waals surface area contributed by atoms with Crippen molar-refractivity contribution in [1.82, 2.24) is 5.32 Å². The van der Waals surface area contributed by atoms with Crippen LogP contribution in [0.15, 0.2) is 47.4 Å². The largest absolute Gasteiger partial charge is 0.486 e. The van der Waals surface area contributed by atoms with E-state index in [1.807, 2.05) is 0 Å². The molecule has 0 atom stereocenters. The number of fused-ring (bicyclic) bond motifs is 1. The number of primary amides is 1. The van der Waals surface area contributed by atoms with Gasteiger partial charge in [0.1, 0.15) is 13.2 Å². The van der Waals surface area contributed by atoms with Crippen LogP contribution >= 0.6 is 0 Å². The molecule has 10 heteroatoms. The predicted octanol–water partition coefficient (Wildman–Crippen LogP) is 1.43. The van der Waals surface area contributed by atoms with E-state index in [9.17, 15) is 18.0 Å². The van der Waals surface area contributed by atoms with Crippen molar-refractivity contribution in [2.75, 3.05) is 24.3 Å². The van der Waals surface area contributed by atoms with Crippen molar-refractivity contribution < 1.29 is 27.5 Å². The van der Waals surface area contributed by atoms with Crippen LogP contribution in [-0.4, -0.2) is 39.3 Å². The zero-order chi connectivity index (χ0) is 20.9. The monoisotopic (exact) mass is 419 g/mol. The first-order chi connectivity index (χ1) is 13.8. The van der Waals surface area contributed by atoms with Crippen molar-refractivity contribution >= 4 is 27.5 Å². The van der Waals surface area contributed by atoms with Crippen LogP contribution in [0, 0.1) is 0 Å². The fourth-order valence-electron chi connectivity index (χ4n) is 2.70. The maximum absolute atomic E-state index is 12.5. The topological polar surface area (TPSA) is 137 Å². The lowest BCUT2D eigenvalue weighted by molar-refractivity contribution is -0.120. The van der Waals surface area contributed by atoms with Gasteiger partial charge in [-0.2, -0.15) is 0 Å². The number of carbonyl (C=O) groups is 2. The zero-order valence-corrected chi connectivity index (χ0v) is 16.3. The molecule has 3 amide bonds. The number of carbonyl (C=O) groups excluding carboxylic acids is 2. The molecule has 1 aliphatic rings. The Balaban J connectivity index is 1.51. The van der Waals surface area contributed by atoms with Gasteiger partial charge in [0.2, 0.25) is 5.91 Å². The minimum atomic E-state index is -3.64. The van der Waals surface area contributed by atoms with Crippen molar-refractivity contribution in [3.05, 3.63) is 48.0 Å². The van der Waals surface area contributed by atoms with E-state index in [2.05, 4.69) is 10.6 Å². The second-order valence-corrected chi connectivity index (χ2v) is 8.45. The molecular formula is C19H21N3O6S. The number of rotatable bonds is 7. The Morgan fingerprint density at radius 1 is 1.00 bits per heavy atom. The summed E-state index contributed by atoms with van der Waals surface area (Å²) in [4.78, 5) is 22.9. The molecule has 0 saturated heterocycles. The molecule has 154 valence electrons. The second-order valence-electron chi connectivity index (χ2n) is 6.34. The first kappa shape index (κ1) is 20.5. The van der Waals surface area contributed by atoms with Gasteiger partial charge in [0, 0.05) is 24.7 Å². The van der Waals surface area contributed by atoms with Crippen molar-refractivity contribution in [2.24, 2.45) is 5.73 Å². The summed E-state index contributed by atoms with van der Waals surface area (Å²) < 4.78 is 35.8. The quantitative estimate of drug-likeness (QED) is 0.621. The third kappa shape index (κ3) is 5.61. The molecule has 2 aromatic carbocycles. The fourth-order valence-corrected chi connectivity index (χ4v) is 3.95. The van der Waals surface area contributed by atoms with Crippen LogP contribution in [-0.2, 0) is 21.2 Å². The minimum absolute atomic E-state index is 0.0899. The second kappa shape index (κ2) is 8.82. The molecule has 0 radical (unpaired) electrons. The molecule has 9 nitrogen and oxygen atoms in total. The summed E-state index contributed by atoms with van der Waals surface area (Å²) in [6.07, 6.45) is -0.169. The Morgan fingerprint density at radius 3 is 2.38 bits per heavy atom. The molecular weight excluding hydrogens is 398 g/mol. The van der Waals surface area contributed by atoms with E-state index < -0.39 is 15.9 Å². The fraction of sp³-hybridized carbons (Fsp3) is 0.263. The van der Waals surface area contributed by atoms with Gasteiger partial charge in [0.15, 0.2) is 21.3 Å². The van der Waals surface area contributed by atoms with E-state index >= 15 is 0 Å². The first-order valence-electron chi connectivity index (χ1n) is 8.88. The number of nitrogens with one attached hydrogen (secondary N) is 2. The smallest absolute Gasteiger partial charge is 0.316 e. The van der Waals surface area contributed by atoms with E-state index in [0.29, 0.717) is 30.4 Å². The highest BCUT2D eigenvalue weighted by atomic mass is 32.2. The van der Waals surface area contributed by atoms with E-state index in [1.54, 1.807) is 30.3 Å². The van der Waals surface area contributed by atoms with Gasteiger partial charge in [-0.1, -0.05) is 12.1 Å². The number of hydrogen-bond donors (Lipinski definition) is 3. The number of ether oxygens (including phenoxy) is 2. The summed E-state index contributed by atoms with van der Waals surface area (Å²) in [6.45, 7) is 1.02. The van der Waals surface area contributed by atoms with Crippen LogP contribution in [0.4, 0.5) is 10.5 Å². The number of sulfone groups is 1. The van der Waals surface area contributed by atoms with E-state index in [4.69, 9.17) is 15.2 Å². The number of nitrogens with two attached hydrogens (primary N) is 1. The zero-order valence-electron chi connectivity index (χ0n) is 15.5. The average molecular weight is 419 g/mol. The molecule has 0 unspecified atom stereocenters. The normalized spacial score (nSPS) is 12.8. The SMILES string of the molecule is NC(=O)Nc1ccc(CNC(=O)CCS(=O)(=O)c2ccc3c(c2)OCCO3)cc1. The Morgan fingerprint density at radius 2 is 1.69 bits per heavy atom. The van der Waals surface area contributed by atoms with Crippen LogP contribution < -0.4 is 25.8 Å². The minimum Gasteiger partial charge on any atom is -0.486 e. The number of benzene rings is 2. The van der Waals surface area contributed by atoms with Gasteiger partial charge < -0.3 is 25.8 Å². The van der Waals surface area contributed by atoms with Gasteiger partial charge in [0.05, 0.1) is 10.6 Å². The third-order valence-electron chi connectivity index (χ3n) is 4.18. The van der Waals surface area contributed by atoms with Crippen molar-refractivity contribution in [1.29, 1.82) is 0 Å². The molecule has 4 N–H and O–H groups in total. The van der Waals surface area contributed by atoms with Crippen LogP contribution in [0.1, 0.15) is 12.0 Å². The van der Waals surface area contributed by atoms with E-state index in [0.717, 1.165) is 5.56 Å². The molecule has 0 fully saturated rings. The number of anilines is 1. The molecule has 1 aliphatic heterocycles. The summed E-state index contributed by atoms with van der Waals surface area (Å²) in [5, 5.41) is 5.11. The highest BCUT2D eigenvalue weighted by Gasteiger charge is 2.20. The summed E-state index contributed by atoms with van der Waals surface area (Å²) >= 11 is 0. The average Bonchev–Trinajstić information content (AvgIpc) is 2.71. The van der Waals surface area contributed by atoms with Crippen LogP contribution in [0.5, 0.6) is 11.5 Å². The maximum atomic E-state index is 12.5. The van der Waals surface area contributed by atoms with Gasteiger partial charge >= 0.3 is 6.03 Å². The highest BCUT2D eigenvalue weighted by Crippen LogP contribution is 2.32. The molecule has 29 heavy (non-hydrogen) atoms. The lowest BCUT2D eigenvalue weighted by Gasteiger charge is -2.18.